The molecule has 0 bridgehead atoms. The van der Waals surface area contributed by atoms with Crippen molar-refractivity contribution < 1.29 is 28.6 Å². The zero-order chi connectivity index (χ0) is 44.4. The van der Waals surface area contributed by atoms with E-state index >= 15 is 0 Å². The number of esters is 3. The van der Waals surface area contributed by atoms with Crippen molar-refractivity contribution in [1.82, 2.24) is 0 Å². The van der Waals surface area contributed by atoms with E-state index in [1.807, 2.05) is 12.2 Å². The molecule has 0 aliphatic carbocycles. The van der Waals surface area contributed by atoms with Crippen molar-refractivity contribution in [3.05, 3.63) is 85.1 Å². The van der Waals surface area contributed by atoms with Crippen molar-refractivity contribution in [2.75, 3.05) is 13.2 Å². The van der Waals surface area contributed by atoms with Crippen LogP contribution in [0.3, 0.4) is 0 Å². The molecule has 0 radical (unpaired) electrons. The molecule has 0 unspecified atom stereocenters. The van der Waals surface area contributed by atoms with Gasteiger partial charge in [-0.1, -0.05) is 215 Å². The lowest BCUT2D eigenvalue weighted by Gasteiger charge is -2.18. The first-order valence-electron chi connectivity index (χ1n) is 25.1. The van der Waals surface area contributed by atoms with Crippen molar-refractivity contribution in [3.63, 3.8) is 0 Å². The molecule has 0 aromatic rings. The average Bonchev–Trinajstić information content (AvgIpc) is 3.26. The zero-order valence-corrected chi connectivity index (χ0v) is 39.7. The minimum Gasteiger partial charge on any atom is -0.462 e. The van der Waals surface area contributed by atoms with E-state index in [1.165, 1.54) is 89.9 Å². The summed E-state index contributed by atoms with van der Waals surface area (Å²) in [6.45, 7) is 6.41. The Morgan fingerprint density at radius 2 is 0.689 bits per heavy atom. The second kappa shape index (κ2) is 49.2. The van der Waals surface area contributed by atoms with Crippen LogP contribution in [0.15, 0.2) is 85.1 Å². The van der Waals surface area contributed by atoms with Crippen LogP contribution in [0.1, 0.15) is 226 Å². The minimum atomic E-state index is -0.817. The lowest BCUT2D eigenvalue weighted by Crippen LogP contribution is -2.30. The first-order valence-corrected chi connectivity index (χ1v) is 25.1. The van der Waals surface area contributed by atoms with E-state index in [0.29, 0.717) is 19.3 Å². The molecule has 0 aromatic carbocycles. The highest BCUT2D eigenvalue weighted by Gasteiger charge is 2.19. The highest BCUT2D eigenvalue weighted by atomic mass is 16.6. The molecule has 1 atom stereocenters. The molecule has 0 rings (SSSR count). The summed E-state index contributed by atoms with van der Waals surface area (Å²) in [4.78, 5) is 37.8. The third-order valence-corrected chi connectivity index (χ3v) is 10.4. The van der Waals surface area contributed by atoms with Crippen molar-refractivity contribution in [2.24, 2.45) is 0 Å². The predicted octanol–water partition coefficient (Wildman–Crippen LogP) is 16.4. The molecule has 0 amide bonds. The summed E-state index contributed by atoms with van der Waals surface area (Å²) < 4.78 is 16.7. The molecule has 6 heteroatoms. The third-order valence-electron chi connectivity index (χ3n) is 10.4. The summed E-state index contributed by atoms with van der Waals surface area (Å²) in [6.07, 6.45) is 62.9. The Balaban J connectivity index is 4.51. The smallest absolute Gasteiger partial charge is 0.306 e. The maximum atomic E-state index is 12.7. The first-order chi connectivity index (χ1) is 30.0. The number of carbonyl (C=O) groups is 3. The Kier molecular flexibility index (Phi) is 46.5. The normalized spacial score (nSPS) is 12.8. The van der Waals surface area contributed by atoms with Crippen LogP contribution in [-0.2, 0) is 28.6 Å². The molecule has 0 saturated heterocycles. The summed E-state index contributed by atoms with van der Waals surface area (Å²) in [6, 6.07) is 0. The van der Waals surface area contributed by atoms with E-state index in [-0.39, 0.29) is 31.6 Å². The van der Waals surface area contributed by atoms with Gasteiger partial charge in [0.15, 0.2) is 6.10 Å². The van der Waals surface area contributed by atoms with Crippen LogP contribution >= 0.6 is 0 Å². The molecule has 61 heavy (non-hydrogen) atoms. The Labute approximate surface area is 375 Å². The average molecular weight is 849 g/mol. The monoisotopic (exact) mass is 849 g/mol. The van der Waals surface area contributed by atoms with Gasteiger partial charge in [0.2, 0.25) is 0 Å². The molecular weight excluding hydrogens is 757 g/mol. The van der Waals surface area contributed by atoms with Crippen LogP contribution in [-0.4, -0.2) is 37.2 Å². The van der Waals surface area contributed by atoms with Gasteiger partial charge in [-0.2, -0.15) is 0 Å². The van der Waals surface area contributed by atoms with Gasteiger partial charge in [0, 0.05) is 19.3 Å². The van der Waals surface area contributed by atoms with Gasteiger partial charge in [0.05, 0.1) is 0 Å². The largest absolute Gasteiger partial charge is 0.462 e. The van der Waals surface area contributed by atoms with E-state index < -0.39 is 12.1 Å². The van der Waals surface area contributed by atoms with Crippen LogP contribution in [0.25, 0.3) is 0 Å². The van der Waals surface area contributed by atoms with Crippen LogP contribution in [0, 0.1) is 0 Å². The molecule has 0 spiro atoms. The fourth-order valence-electron chi connectivity index (χ4n) is 6.62. The second-order valence-electron chi connectivity index (χ2n) is 16.3. The second-order valence-corrected chi connectivity index (χ2v) is 16.3. The summed E-state index contributed by atoms with van der Waals surface area (Å²) >= 11 is 0. The topological polar surface area (TPSA) is 78.9 Å². The van der Waals surface area contributed by atoms with Gasteiger partial charge in [-0.25, -0.2) is 0 Å². The third kappa shape index (κ3) is 47.5. The minimum absolute atomic E-state index is 0.108. The Hall–Kier alpha value is -3.41. The van der Waals surface area contributed by atoms with Gasteiger partial charge in [0.1, 0.15) is 13.2 Å². The van der Waals surface area contributed by atoms with Gasteiger partial charge < -0.3 is 14.2 Å². The highest BCUT2D eigenvalue weighted by molar-refractivity contribution is 5.71. The predicted molar refractivity (Wildman–Crippen MR) is 261 cm³/mol. The van der Waals surface area contributed by atoms with Crippen molar-refractivity contribution >= 4 is 17.9 Å². The maximum absolute atomic E-state index is 12.7. The van der Waals surface area contributed by atoms with Gasteiger partial charge >= 0.3 is 17.9 Å². The number of ether oxygens (including phenoxy) is 3. The summed E-state index contributed by atoms with van der Waals surface area (Å²) in [7, 11) is 0. The van der Waals surface area contributed by atoms with E-state index in [4.69, 9.17) is 14.2 Å². The summed E-state index contributed by atoms with van der Waals surface area (Å²) in [5, 5.41) is 0. The van der Waals surface area contributed by atoms with Gasteiger partial charge in [-0.3, -0.25) is 14.4 Å². The highest BCUT2D eigenvalue weighted by Crippen LogP contribution is 2.14. The van der Waals surface area contributed by atoms with Crippen LogP contribution in [0.5, 0.6) is 0 Å². The fraction of sp³-hybridized carbons (Fsp3) is 0.691. The van der Waals surface area contributed by atoms with Crippen molar-refractivity contribution in [2.45, 2.75) is 232 Å². The fourth-order valence-corrected chi connectivity index (χ4v) is 6.62. The van der Waals surface area contributed by atoms with Gasteiger partial charge in [-0.15, -0.1) is 0 Å². The molecule has 0 fully saturated rings. The number of carbonyl (C=O) groups excluding carboxylic acids is 3. The SMILES string of the molecule is CC/C=C\C/C=C\C/C=C\C/C=C\C/C=C\C/C=C\CCC(=O)O[C@H](COC(=O)CCCCCCC/C=C\CCCC)COC(=O)CCCCCCCCCCCCCCC. The van der Waals surface area contributed by atoms with E-state index in [1.54, 1.807) is 0 Å². The molecule has 0 aliphatic rings. The number of hydrogen-bond donors (Lipinski definition) is 0. The van der Waals surface area contributed by atoms with E-state index in [9.17, 15) is 14.4 Å². The van der Waals surface area contributed by atoms with E-state index in [0.717, 1.165) is 89.9 Å². The summed E-state index contributed by atoms with van der Waals surface area (Å²) in [5.41, 5.74) is 0. The Morgan fingerprint density at radius 1 is 0.344 bits per heavy atom. The molecule has 0 aliphatic heterocycles. The number of unbranched alkanes of at least 4 members (excludes halogenated alkanes) is 19. The van der Waals surface area contributed by atoms with Gasteiger partial charge in [0.25, 0.3) is 0 Å². The number of hydrogen-bond acceptors (Lipinski definition) is 6. The molecule has 0 N–H and O–H groups in total. The van der Waals surface area contributed by atoms with Crippen LogP contribution in [0.4, 0.5) is 0 Å². The maximum Gasteiger partial charge on any atom is 0.306 e. The standard InChI is InChI=1S/C55H92O6/c1-4-7-10-13-16-19-22-24-25-26-27-28-29-31-34-37-40-43-46-49-55(58)61-52(50-59-53(56)47-44-41-38-35-32-21-18-15-12-9-6-3)51-60-54(57)48-45-42-39-36-33-30-23-20-17-14-11-8-5-2/h7,10,15-16,18-19,24-25,27-28,31,34,40,43,52H,4-6,8-9,11-14,17,20-23,26,29-30,32-33,35-39,41-42,44-51H2,1-3H3/b10-7-,18-15-,19-16-,25-24-,28-27-,34-31-,43-40-/t52-/m1/s1. The number of allylic oxidation sites excluding steroid dienone is 14. The van der Waals surface area contributed by atoms with Crippen molar-refractivity contribution in [3.8, 4) is 0 Å². The number of rotatable bonds is 44. The quantitative estimate of drug-likeness (QED) is 0.0263. The lowest BCUT2D eigenvalue weighted by atomic mass is 10.0. The lowest BCUT2D eigenvalue weighted by molar-refractivity contribution is -0.166. The van der Waals surface area contributed by atoms with Crippen LogP contribution in [0.2, 0.25) is 0 Å². The molecule has 0 aromatic heterocycles. The molecular formula is C55H92O6. The molecule has 348 valence electrons. The van der Waals surface area contributed by atoms with Crippen LogP contribution < -0.4 is 0 Å². The Morgan fingerprint density at radius 3 is 1.11 bits per heavy atom. The zero-order valence-electron chi connectivity index (χ0n) is 39.7. The molecule has 0 heterocycles. The first kappa shape index (κ1) is 57.6. The Bertz CT molecular complexity index is 1200. The summed E-state index contributed by atoms with van der Waals surface area (Å²) in [5.74, 6) is -1.01. The molecule has 0 saturated carbocycles. The molecule has 6 nitrogen and oxygen atoms in total. The van der Waals surface area contributed by atoms with Crippen molar-refractivity contribution in [1.29, 1.82) is 0 Å². The van der Waals surface area contributed by atoms with E-state index in [2.05, 4.69) is 93.7 Å². The van der Waals surface area contributed by atoms with Gasteiger partial charge in [-0.05, 0) is 77.0 Å².